The van der Waals surface area contributed by atoms with Gasteiger partial charge in [0.25, 0.3) is 0 Å². The van der Waals surface area contributed by atoms with Crippen LogP contribution in [0.1, 0.15) is 37.3 Å². The minimum atomic E-state index is -0.0587. The second-order valence-electron chi connectivity index (χ2n) is 14.3. The smallest absolute Gasteiger partial charge is 0.132 e. The Balaban J connectivity index is 1.14. The van der Waals surface area contributed by atoms with Crippen LogP contribution in [0.5, 0.6) is 23.0 Å². The van der Waals surface area contributed by atoms with Crippen LogP contribution in [0.3, 0.4) is 0 Å². The highest BCUT2D eigenvalue weighted by Gasteiger charge is 2.22. The van der Waals surface area contributed by atoms with Crippen LogP contribution in [-0.2, 0) is 6.54 Å². The van der Waals surface area contributed by atoms with Gasteiger partial charge in [-0.1, -0.05) is 129 Å². The predicted molar refractivity (Wildman–Crippen MR) is 233 cm³/mol. The predicted octanol–water partition coefficient (Wildman–Crippen LogP) is 11.8. The Labute approximate surface area is 327 Å². The fourth-order valence-electron chi connectivity index (χ4n) is 8.08. The third-order valence-corrected chi connectivity index (χ3v) is 10.9. The number of hydrogen-bond donors (Lipinski definition) is 3. The lowest BCUT2D eigenvalue weighted by Gasteiger charge is -2.19. The number of aromatic hydroxyl groups is 2. The number of hydrogen-bond acceptors (Lipinski definition) is 6. The van der Waals surface area contributed by atoms with Crippen molar-refractivity contribution in [3.63, 3.8) is 0 Å². The van der Waals surface area contributed by atoms with Gasteiger partial charge in [-0.15, -0.1) is 0 Å². The Morgan fingerprint density at radius 3 is 1.61 bits per heavy atom. The SMILES string of the molecule is CCCCC(CNCc1cc2ccccc2c(-c2c(OC)ccc3ccccc23)c1O)N=Cc1cc2ccccc2c(-c2c(OC)ccc3ccccc23)c1O. The Morgan fingerprint density at radius 1 is 0.589 bits per heavy atom. The molecule has 3 N–H and O–H groups in total. The maximum atomic E-state index is 12.1. The van der Waals surface area contributed by atoms with Gasteiger partial charge in [0.2, 0.25) is 0 Å². The van der Waals surface area contributed by atoms with Gasteiger partial charge in [0.1, 0.15) is 23.0 Å². The molecule has 0 bridgehead atoms. The van der Waals surface area contributed by atoms with Crippen LogP contribution in [0, 0.1) is 0 Å². The van der Waals surface area contributed by atoms with Crippen LogP contribution in [0.2, 0.25) is 0 Å². The zero-order chi connectivity index (χ0) is 38.6. The summed E-state index contributed by atoms with van der Waals surface area (Å²) in [6, 6.07) is 44.8. The lowest BCUT2D eigenvalue weighted by atomic mass is 9.90. The lowest BCUT2D eigenvalue weighted by Crippen LogP contribution is -2.25. The monoisotopic (exact) mass is 738 g/mol. The number of nitrogens with zero attached hydrogens (tertiary/aromatic N) is 1. The van der Waals surface area contributed by atoms with E-state index in [-0.39, 0.29) is 17.5 Å². The number of phenols is 2. The molecule has 6 nitrogen and oxygen atoms in total. The van der Waals surface area contributed by atoms with Crippen molar-refractivity contribution < 1.29 is 19.7 Å². The summed E-state index contributed by atoms with van der Waals surface area (Å²) in [6.07, 6.45) is 4.75. The summed E-state index contributed by atoms with van der Waals surface area (Å²) >= 11 is 0. The quantitative estimate of drug-likeness (QED) is 0.103. The molecule has 0 heterocycles. The number of rotatable bonds is 13. The molecule has 280 valence electrons. The van der Waals surface area contributed by atoms with Crippen LogP contribution >= 0.6 is 0 Å². The largest absolute Gasteiger partial charge is 0.507 e. The third-order valence-electron chi connectivity index (χ3n) is 10.9. The summed E-state index contributed by atoms with van der Waals surface area (Å²) in [7, 11) is 3.34. The van der Waals surface area contributed by atoms with Gasteiger partial charge in [0.05, 0.1) is 20.3 Å². The minimum absolute atomic E-state index is 0.0587. The Kier molecular flexibility index (Phi) is 10.6. The number of unbranched alkanes of at least 4 members (excludes halogenated alkanes) is 1. The van der Waals surface area contributed by atoms with Crippen molar-refractivity contribution in [3.05, 3.63) is 145 Å². The molecule has 8 aromatic rings. The molecule has 8 rings (SSSR count). The molecule has 1 atom stereocenters. The van der Waals surface area contributed by atoms with Crippen molar-refractivity contribution in [3.8, 4) is 45.3 Å². The average molecular weight is 739 g/mol. The van der Waals surface area contributed by atoms with E-state index in [2.05, 4.69) is 66.8 Å². The zero-order valence-electron chi connectivity index (χ0n) is 32.1. The average Bonchev–Trinajstić information content (AvgIpc) is 3.24. The van der Waals surface area contributed by atoms with Crippen LogP contribution in [0.15, 0.2) is 138 Å². The van der Waals surface area contributed by atoms with E-state index in [4.69, 9.17) is 14.5 Å². The van der Waals surface area contributed by atoms with Gasteiger partial charge in [-0.3, -0.25) is 4.99 Å². The number of phenolic OH excluding ortho intramolecular Hbond substituents is 2. The van der Waals surface area contributed by atoms with Gasteiger partial charge in [-0.2, -0.15) is 0 Å². The van der Waals surface area contributed by atoms with Gasteiger partial charge < -0.3 is 25.0 Å². The number of fused-ring (bicyclic) bond motifs is 4. The Morgan fingerprint density at radius 2 is 1.07 bits per heavy atom. The van der Waals surface area contributed by atoms with Crippen molar-refractivity contribution in [2.75, 3.05) is 20.8 Å². The zero-order valence-corrected chi connectivity index (χ0v) is 32.1. The van der Waals surface area contributed by atoms with Gasteiger partial charge >= 0.3 is 0 Å². The van der Waals surface area contributed by atoms with E-state index >= 15 is 0 Å². The summed E-state index contributed by atoms with van der Waals surface area (Å²) < 4.78 is 11.8. The maximum absolute atomic E-state index is 12.1. The van der Waals surface area contributed by atoms with E-state index in [0.717, 1.165) is 90.2 Å². The fraction of sp³-hybridized carbons (Fsp3) is 0.180. The van der Waals surface area contributed by atoms with Crippen molar-refractivity contribution >= 4 is 49.3 Å². The maximum Gasteiger partial charge on any atom is 0.132 e. The highest BCUT2D eigenvalue weighted by molar-refractivity contribution is 6.13. The number of aliphatic imine (C=N–C) groups is 1. The highest BCUT2D eigenvalue weighted by Crippen LogP contribution is 2.48. The van der Waals surface area contributed by atoms with Crippen molar-refractivity contribution in [1.82, 2.24) is 5.32 Å². The summed E-state index contributed by atoms with van der Waals surface area (Å²) in [6.45, 7) is 3.22. The van der Waals surface area contributed by atoms with E-state index in [9.17, 15) is 10.2 Å². The molecule has 0 radical (unpaired) electrons. The number of benzene rings is 8. The molecule has 0 spiro atoms. The topological polar surface area (TPSA) is 83.3 Å². The molecular weight excluding hydrogens is 693 g/mol. The molecular formula is C50H46N2O4. The molecule has 0 aliphatic carbocycles. The molecule has 0 aromatic heterocycles. The van der Waals surface area contributed by atoms with Crippen molar-refractivity contribution in [1.29, 1.82) is 0 Å². The van der Waals surface area contributed by atoms with Crippen molar-refractivity contribution in [2.45, 2.75) is 38.8 Å². The Bertz CT molecular complexity index is 2740. The second kappa shape index (κ2) is 16.2. The first-order valence-corrected chi connectivity index (χ1v) is 19.3. The molecule has 1 unspecified atom stereocenters. The molecule has 0 aliphatic heterocycles. The summed E-state index contributed by atoms with van der Waals surface area (Å²) in [5.74, 6) is 1.81. The minimum Gasteiger partial charge on any atom is -0.507 e. The molecule has 0 amide bonds. The standard InChI is InChI=1S/C50H46N2O4/c1-4-5-18-38(52-30-37-28-35-17-9-13-22-42(35)48(50(37)54)46-40-20-11-7-15-33(40)24-26-44(46)56-3)31-51-29-36-27-34-16-8-12-21-41(34)47(49(36)53)45-39-19-10-6-14-32(39)23-25-43(45)55-2/h6-17,19-28,30,38,51,53-54H,4-5,18,29,31H2,1-3H3. The lowest BCUT2D eigenvalue weighted by molar-refractivity contribution is 0.416. The number of ether oxygens (including phenoxy) is 2. The molecule has 8 aromatic carbocycles. The molecule has 0 fully saturated rings. The van der Waals surface area contributed by atoms with Crippen LogP contribution in [0.25, 0.3) is 65.3 Å². The molecule has 0 saturated carbocycles. The van der Waals surface area contributed by atoms with Crippen LogP contribution < -0.4 is 14.8 Å². The van der Waals surface area contributed by atoms with E-state index in [0.29, 0.717) is 30.2 Å². The van der Waals surface area contributed by atoms with Gasteiger partial charge in [0.15, 0.2) is 0 Å². The number of methoxy groups -OCH3 is 2. The van der Waals surface area contributed by atoms with Gasteiger partial charge in [-0.25, -0.2) is 0 Å². The highest BCUT2D eigenvalue weighted by atomic mass is 16.5. The number of nitrogens with one attached hydrogen (secondary N) is 1. The summed E-state index contributed by atoms with van der Waals surface area (Å²) in [5, 5.41) is 35.9. The first-order valence-electron chi connectivity index (χ1n) is 19.3. The van der Waals surface area contributed by atoms with Gasteiger partial charge in [-0.05, 0) is 73.8 Å². The first kappa shape index (κ1) is 36.6. The third kappa shape index (κ3) is 6.89. The van der Waals surface area contributed by atoms with E-state index in [1.165, 1.54) is 0 Å². The van der Waals surface area contributed by atoms with E-state index in [1.807, 2.05) is 85.1 Å². The fourth-order valence-corrected chi connectivity index (χ4v) is 8.08. The second-order valence-corrected chi connectivity index (χ2v) is 14.3. The van der Waals surface area contributed by atoms with Gasteiger partial charge in [0, 0.05) is 52.7 Å². The summed E-state index contributed by atoms with van der Waals surface area (Å²) in [4.78, 5) is 5.11. The molecule has 0 saturated heterocycles. The Hall–Kier alpha value is -6.37. The van der Waals surface area contributed by atoms with Crippen LogP contribution in [0.4, 0.5) is 0 Å². The normalized spacial score (nSPS) is 12.3. The van der Waals surface area contributed by atoms with Crippen LogP contribution in [-0.4, -0.2) is 43.2 Å². The first-order chi connectivity index (χ1) is 27.5. The molecule has 0 aliphatic rings. The molecule has 56 heavy (non-hydrogen) atoms. The summed E-state index contributed by atoms with van der Waals surface area (Å²) in [5.41, 5.74) is 4.67. The van der Waals surface area contributed by atoms with Crippen molar-refractivity contribution in [2.24, 2.45) is 4.99 Å². The van der Waals surface area contributed by atoms with E-state index in [1.54, 1.807) is 14.2 Å². The molecule has 6 heteroatoms. The van der Waals surface area contributed by atoms with E-state index < -0.39 is 0 Å².